The van der Waals surface area contributed by atoms with Gasteiger partial charge in [-0.2, -0.15) is 8.78 Å². The van der Waals surface area contributed by atoms with Gasteiger partial charge in [0.05, 0.1) is 35.7 Å². The van der Waals surface area contributed by atoms with Gasteiger partial charge in [-0.25, -0.2) is 9.59 Å². The van der Waals surface area contributed by atoms with E-state index in [9.17, 15) is 28.3 Å². The zero-order valence-corrected chi connectivity index (χ0v) is 29.1. The van der Waals surface area contributed by atoms with Crippen LogP contribution in [-0.4, -0.2) is 44.9 Å². The van der Waals surface area contributed by atoms with Gasteiger partial charge < -0.3 is 25.6 Å². The van der Waals surface area contributed by atoms with Crippen molar-refractivity contribution in [3.05, 3.63) is 125 Å². The largest absolute Gasteiger partial charge is 0.479 e. The van der Waals surface area contributed by atoms with Crippen LogP contribution in [0.5, 0.6) is 5.75 Å². The van der Waals surface area contributed by atoms with Crippen LogP contribution < -0.4 is 20.3 Å². The summed E-state index contributed by atoms with van der Waals surface area (Å²) in [6, 6.07) is 27.7. The Morgan fingerprint density at radius 2 is 1.64 bits per heavy atom. The van der Waals surface area contributed by atoms with Crippen molar-refractivity contribution in [3.8, 4) is 16.9 Å². The van der Waals surface area contributed by atoms with Gasteiger partial charge in [0.25, 0.3) is 5.91 Å². The number of carboxylic acids is 1. The van der Waals surface area contributed by atoms with E-state index in [1.54, 1.807) is 41.3 Å². The minimum atomic E-state index is -3.36. The zero-order chi connectivity index (χ0) is 35.7. The monoisotopic (exact) mass is 795 g/mol. The fourth-order valence-electron chi connectivity index (χ4n) is 5.64. The molecule has 1 aliphatic rings. The molecule has 0 saturated carbocycles. The van der Waals surface area contributed by atoms with Gasteiger partial charge in [-0.1, -0.05) is 66.7 Å². The SMILES string of the molecule is O=C(NC[C@@H](O)C(=O)O)c1ccc(CN(C(=O)NCc2ccccc2-c2cccc(OC(F)(F)I)c2)c2ccc(C3=CCCCC3)cc2)cc1. The van der Waals surface area contributed by atoms with Gasteiger partial charge in [-0.15, -0.1) is 0 Å². The Morgan fingerprint density at radius 1 is 0.900 bits per heavy atom. The zero-order valence-electron chi connectivity index (χ0n) is 27.0. The van der Waals surface area contributed by atoms with Crippen molar-refractivity contribution < 1.29 is 38.1 Å². The molecule has 1 atom stereocenters. The third-order valence-electron chi connectivity index (χ3n) is 8.21. The van der Waals surface area contributed by atoms with Crippen molar-refractivity contribution >= 4 is 51.8 Å². The number of urea groups is 1. The van der Waals surface area contributed by atoms with Gasteiger partial charge in [0.2, 0.25) is 0 Å². The van der Waals surface area contributed by atoms with Crippen LogP contribution in [0.25, 0.3) is 16.7 Å². The second-order valence-electron chi connectivity index (χ2n) is 11.8. The molecule has 12 heteroatoms. The highest BCUT2D eigenvalue weighted by molar-refractivity contribution is 14.1. The van der Waals surface area contributed by atoms with Crippen molar-refractivity contribution in [2.45, 2.75) is 49.0 Å². The molecule has 4 aromatic carbocycles. The smallest absolute Gasteiger partial charge is 0.451 e. The number of aliphatic carboxylic acids is 1. The van der Waals surface area contributed by atoms with Gasteiger partial charge in [0, 0.05) is 17.8 Å². The molecule has 0 fully saturated rings. The number of hydrogen-bond donors (Lipinski definition) is 4. The number of carbonyl (C=O) groups is 3. The van der Waals surface area contributed by atoms with Crippen LogP contribution in [0.2, 0.25) is 0 Å². The molecule has 0 spiro atoms. The first-order chi connectivity index (χ1) is 24.0. The lowest BCUT2D eigenvalue weighted by Gasteiger charge is -2.25. The van der Waals surface area contributed by atoms with E-state index in [4.69, 9.17) is 9.84 Å². The minimum Gasteiger partial charge on any atom is -0.479 e. The van der Waals surface area contributed by atoms with E-state index in [1.165, 1.54) is 24.1 Å². The number of halogens is 3. The van der Waals surface area contributed by atoms with E-state index in [2.05, 4.69) is 16.7 Å². The number of allylic oxidation sites excluding steroid dienone is 2. The molecule has 9 nitrogen and oxygen atoms in total. The molecule has 0 bridgehead atoms. The Labute approximate surface area is 302 Å². The van der Waals surface area contributed by atoms with Crippen molar-refractivity contribution in [2.75, 3.05) is 11.4 Å². The number of ether oxygens (including phenoxy) is 1. The van der Waals surface area contributed by atoms with E-state index < -0.39 is 28.6 Å². The molecule has 0 unspecified atom stereocenters. The van der Waals surface area contributed by atoms with Crippen molar-refractivity contribution in [1.29, 1.82) is 0 Å². The molecule has 0 heterocycles. The predicted octanol–water partition coefficient (Wildman–Crippen LogP) is 7.77. The molecule has 3 amide bonds. The fraction of sp³-hybridized carbons (Fsp3) is 0.237. The lowest BCUT2D eigenvalue weighted by Crippen LogP contribution is -2.39. The summed E-state index contributed by atoms with van der Waals surface area (Å²) in [6.07, 6.45) is 4.91. The average Bonchev–Trinajstić information content (AvgIpc) is 3.12. The number of alkyl halides is 3. The summed E-state index contributed by atoms with van der Waals surface area (Å²) in [5, 5.41) is 23.7. The molecule has 0 aliphatic heterocycles. The van der Waals surface area contributed by atoms with Gasteiger partial charge >= 0.3 is 16.1 Å². The summed E-state index contributed by atoms with van der Waals surface area (Å²) in [5.74, 6) is -1.97. The van der Waals surface area contributed by atoms with Crippen molar-refractivity contribution in [3.63, 3.8) is 0 Å². The number of nitrogens with zero attached hydrogens (tertiary/aromatic N) is 1. The Kier molecular flexibility index (Phi) is 12.2. The number of aliphatic hydroxyl groups excluding tert-OH is 1. The summed E-state index contributed by atoms with van der Waals surface area (Å²) in [4.78, 5) is 38.9. The van der Waals surface area contributed by atoms with E-state index >= 15 is 0 Å². The van der Waals surface area contributed by atoms with Crippen LogP contribution in [0.4, 0.5) is 19.3 Å². The molecular weight excluding hydrogens is 759 g/mol. The minimum absolute atomic E-state index is 0.0145. The molecule has 0 radical (unpaired) electrons. The highest BCUT2D eigenvalue weighted by Crippen LogP contribution is 2.32. The molecule has 5 rings (SSSR count). The van der Waals surface area contributed by atoms with Crippen molar-refractivity contribution in [1.82, 2.24) is 10.6 Å². The molecule has 4 aromatic rings. The molecule has 50 heavy (non-hydrogen) atoms. The Hall–Kier alpha value is -4.82. The summed E-state index contributed by atoms with van der Waals surface area (Å²) < 4.78 is 28.4. The second kappa shape index (κ2) is 16.7. The topological polar surface area (TPSA) is 128 Å². The highest BCUT2D eigenvalue weighted by atomic mass is 127. The van der Waals surface area contributed by atoms with E-state index in [-0.39, 0.29) is 30.4 Å². The van der Waals surface area contributed by atoms with Gasteiger partial charge in [0.1, 0.15) is 5.75 Å². The number of nitrogens with one attached hydrogen (secondary N) is 2. The number of anilines is 1. The van der Waals surface area contributed by atoms with Crippen LogP contribution >= 0.6 is 22.6 Å². The standard InChI is InChI=1S/C38H36F2IN3O6/c39-38(40,41)50-32-11-6-10-29(21-32)33-12-5-4-9-30(33)22-43-37(49)44(31-19-17-27(18-20-31)26-7-2-1-3-8-26)24-25-13-15-28(16-14-25)35(46)42-23-34(45)36(47)48/h4-7,9-21,34,45H,1-3,8,22-24H2,(H,42,46)(H,43,49)(H,47,48)/t34-/m1/s1. The number of benzene rings is 4. The molecular formula is C38H36F2IN3O6. The van der Waals surface area contributed by atoms with Crippen LogP contribution in [0.1, 0.15) is 52.7 Å². The molecule has 1 aliphatic carbocycles. The number of rotatable bonds is 13. The second-order valence-corrected chi connectivity index (χ2v) is 13.0. The van der Waals surface area contributed by atoms with E-state index in [0.29, 0.717) is 11.3 Å². The average molecular weight is 796 g/mol. The number of carbonyl (C=O) groups excluding carboxylic acids is 2. The Balaban J connectivity index is 1.35. The quantitative estimate of drug-likeness (QED) is 0.0810. The van der Waals surface area contributed by atoms with E-state index in [0.717, 1.165) is 64.1 Å². The molecule has 0 saturated heterocycles. The van der Waals surface area contributed by atoms with E-state index in [1.807, 2.05) is 48.5 Å². The lowest BCUT2D eigenvalue weighted by atomic mass is 9.93. The first-order valence-corrected chi connectivity index (χ1v) is 17.1. The molecule has 4 N–H and O–H groups in total. The van der Waals surface area contributed by atoms with Gasteiger partial charge in [-0.05, 0) is 95.5 Å². The third kappa shape index (κ3) is 10.1. The summed E-state index contributed by atoms with van der Waals surface area (Å²) in [7, 11) is 0. The maximum Gasteiger partial charge on any atom is 0.451 e. The van der Waals surface area contributed by atoms with Crippen LogP contribution in [0.15, 0.2) is 103 Å². The lowest BCUT2D eigenvalue weighted by molar-refractivity contribution is -0.146. The van der Waals surface area contributed by atoms with Crippen LogP contribution in [0, 0.1) is 0 Å². The van der Waals surface area contributed by atoms with Crippen molar-refractivity contribution in [2.24, 2.45) is 0 Å². The third-order valence-corrected chi connectivity index (χ3v) is 8.43. The highest BCUT2D eigenvalue weighted by Gasteiger charge is 2.26. The predicted molar refractivity (Wildman–Crippen MR) is 195 cm³/mol. The molecule has 260 valence electrons. The van der Waals surface area contributed by atoms with Crippen LogP contribution in [0.3, 0.4) is 0 Å². The maximum atomic E-state index is 13.9. The number of amides is 3. The number of carboxylic acid groups (broad SMARTS) is 1. The summed E-state index contributed by atoms with van der Waals surface area (Å²) >= 11 is 0.922. The van der Waals surface area contributed by atoms with Gasteiger partial charge in [0.15, 0.2) is 6.10 Å². The van der Waals surface area contributed by atoms with Gasteiger partial charge in [-0.3, -0.25) is 9.69 Å². The number of aliphatic hydroxyl groups is 1. The summed E-state index contributed by atoms with van der Waals surface area (Å²) in [6.45, 7) is -0.127. The maximum absolute atomic E-state index is 13.9. The Morgan fingerprint density at radius 3 is 2.32 bits per heavy atom. The first-order valence-electron chi connectivity index (χ1n) is 16.0. The summed E-state index contributed by atoms with van der Waals surface area (Å²) in [5.41, 5.74) is 6.21. The van der Waals surface area contributed by atoms with Crippen LogP contribution in [-0.2, 0) is 17.9 Å². The molecule has 0 aromatic heterocycles. The fourth-order valence-corrected chi connectivity index (χ4v) is 5.90. The Bertz CT molecular complexity index is 1840. The normalized spacial score (nSPS) is 13.5. The first kappa shape index (κ1) is 36.5. The number of hydrogen-bond acceptors (Lipinski definition) is 5.